The summed E-state index contributed by atoms with van der Waals surface area (Å²) >= 11 is 0. The Bertz CT molecular complexity index is 1510. The third-order valence-corrected chi connectivity index (χ3v) is 5.44. The number of nitrogens with zero attached hydrogens (tertiary/aromatic N) is 6. The van der Waals surface area contributed by atoms with Crippen LogP contribution in [0.1, 0.15) is 0 Å². The SMILES string of the molecule is COc1cc2ncc3c(c2cc1-c1cnn(C)c1)n(-c1ccncc1OC)c(=O)n3C. The number of rotatable bonds is 4. The van der Waals surface area contributed by atoms with Crippen LogP contribution in [0.2, 0.25) is 0 Å². The van der Waals surface area contributed by atoms with E-state index in [1.54, 1.807) is 65.9 Å². The molecule has 0 saturated carbocycles. The third kappa shape index (κ3) is 2.77. The third-order valence-electron chi connectivity index (χ3n) is 5.44. The molecule has 5 rings (SSSR count). The average molecular weight is 416 g/mol. The predicted molar refractivity (Wildman–Crippen MR) is 117 cm³/mol. The number of pyridine rings is 2. The van der Waals surface area contributed by atoms with Crippen molar-refractivity contribution in [3.05, 3.63) is 59.7 Å². The van der Waals surface area contributed by atoms with E-state index < -0.39 is 0 Å². The fraction of sp³-hybridized carbons (Fsp3) is 0.182. The minimum Gasteiger partial charge on any atom is -0.496 e. The van der Waals surface area contributed by atoms with Crippen LogP contribution in [-0.4, -0.2) is 43.1 Å². The molecule has 0 bridgehead atoms. The van der Waals surface area contributed by atoms with Crippen LogP contribution in [0, 0.1) is 0 Å². The van der Waals surface area contributed by atoms with Crippen molar-refractivity contribution >= 4 is 21.9 Å². The van der Waals surface area contributed by atoms with Crippen LogP contribution in [0.3, 0.4) is 0 Å². The summed E-state index contributed by atoms with van der Waals surface area (Å²) in [6, 6.07) is 5.63. The van der Waals surface area contributed by atoms with Gasteiger partial charge in [0.15, 0.2) is 5.75 Å². The van der Waals surface area contributed by atoms with E-state index in [-0.39, 0.29) is 5.69 Å². The normalized spacial score (nSPS) is 11.4. The van der Waals surface area contributed by atoms with Crippen molar-refractivity contribution in [3.63, 3.8) is 0 Å². The van der Waals surface area contributed by atoms with Crippen LogP contribution < -0.4 is 15.2 Å². The van der Waals surface area contributed by atoms with Crippen molar-refractivity contribution in [1.29, 1.82) is 0 Å². The number of methoxy groups -OCH3 is 2. The molecule has 9 nitrogen and oxygen atoms in total. The van der Waals surface area contributed by atoms with Crippen molar-refractivity contribution in [1.82, 2.24) is 28.9 Å². The molecule has 0 fully saturated rings. The lowest BCUT2D eigenvalue weighted by Gasteiger charge is -2.12. The maximum Gasteiger partial charge on any atom is 0.333 e. The molecule has 4 heterocycles. The van der Waals surface area contributed by atoms with Crippen LogP contribution in [0.4, 0.5) is 0 Å². The first-order valence-electron chi connectivity index (χ1n) is 9.59. The molecule has 0 unspecified atom stereocenters. The average Bonchev–Trinajstić information content (AvgIpc) is 3.34. The Kier molecular flexibility index (Phi) is 4.25. The molecule has 0 aliphatic carbocycles. The zero-order valence-corrected chi connectivity index (χ0v) is 17.5. The second-order valence-electron chi connectivity index (χ2n) is 7.19. The number of hydrogen-bond acceptors (Lipinski definition) is 6. The number of aryl methyl sites for hydroxylation is 2. The largest absolute Gasteiger partial charge is 0.496 e. The van der Waals surface area contributed by atoms with Gasteiger partial charge in [0.05, 0.1) is 55.0 Å². The molecule has 0 N–H and O–H groups in total. The van der Waals surface area contributed by atoms with E-state index in [0.717, 1.165) is 22.0 Å². The monoisotopic (exact) mass is 416 g/mol. The zero-order chi connectivity index (χ0) is 21.7. The van der Waals surface area contributed by atoms with Crippen molar-refractivity contribution in [2.75, 3.05) is 14.2 Å². The standard InChI is InChI=1S/C22H20N6O3/c1-26-12-13(9-25-26)14-7-15-16(8-19(14)30-3)24-10-18-21(15)28(22(29)27(18)2)17-5-6-23-11-20(17)31-4/h5-12H,1-4H3. The summed E-state index contributed by atoms with van der Waals surface area (Å²) < 4.78 is 16.1. The Morgan fingerprint density at radius 1 is 1.00 bits per heavy atom. The molecule has 0 amide bonds. The Morgan fingerprint density at radius 2 is 1.81 bits per heavy atom. The molecule has 4 aromatic heterocycles. The summed E-state index contributed by atoms with van der Waals surface area (Å²) in [5.41, 5.74) is 4.33. The second-order valence-corrected chi connectivity index (χ2v) is 7.19. The molecule has 0 radical (unpaired) electrons. The number of imidazole rings is 1. The van der Waals surface area contributed by atoms with Gasteiger partial charge in [0.2, 0.25) is 0 Å². The first kappa shape index (κ1) is 18.9. The molecule has 0 saturated heterocycles. The maximum atomic E-state index is 13.3. The minimum atomic E-state index is -0.201. The molecule has 0 aliphatic heterocycles. The van der Waals surface area contributed by atoms with E-state index in [1.165, 1.54) is 0 Å². The van der Waals surface area contributed by atoms with E-state index >= 15 is 0 Å². The Morgan fingerprint density at radius 3 is 2.52 bits per heavy atom. The quantitative estimate of drug-likeness (QED) is 0.448. The van der Waals surface area contributed by atoms with E-state index in [1.807, 2.05) is 25.4 Å². The summed E-state index contributed by atoms with van der Waals surface area (Å²) in [6.07, 6.45) is 8.62. The van der Waals surface area contributed by atoms with Gasteiger partial charge in [0.25, 0.3) is 0 Å². The second kappa shape index (κ2) is 6.98. The molecule has 0 atom stereocenters. The number of fused-ring (bicyclic) bond motifs is 3. The van der Waals surface area contributed by atoms with E-state index in [0.29, 0.717) is 28.2 Å². The highest BCUT2D eigenvalue weighted by Gasteiger charge is 2.20. The Labute approximate surface area is 177 Å². The van der Waals surface area contributed by atoms with E-state index in [9.17, 15) is 4.79 Å². The van der Waals surface area contributed by atoms with Gasteiger partial charge in [-0.05, 0) is 12.1 Å². The smallest absolute Gasteiger partial charge is 0.333 e. The Hall–Kier alpha value is -4.14. The highest BCUT2D eigenvalue weighted by Crippen LogP contribution is 2.36. The highest BCUT2D eigenvalue weighted by molar-refractivity contribution is 6.05. The van der Waals surface area contributed by atoms with Crippen molar-refractivity contribution in [2.24, 2.45) is 14.1 Å². The van der Waals surface area contributed by atoms with Crippen molar-refractivity contribution in [3.8, 4) is 28.3 Å². The summed E-state index contributed by atoms with van der Waals surface area (Å²) in [6.45, 7) is 0. The van der Waals surface area contributed by atoms with Gasteiger partial charge in [-0.3, -0.25) is 23.8 Å². The van der Waals surface area contributed by atoms with E-state index in [2.05, 4.69) is 15.1 Å². The van der Waals surface area contributed by atoms with Gasteiger partial charge < -0.3 is 9.47 Å². The summed E-state index contributed by atoms with van der Waals surface area (Å²) in [5.74, 6) is 1.18. The molecule has 31 heavy (non-hydrogen) atoms. The van der Waals surface area contributed by atoms with Gasteiger partial charge in [0, 0.05) is 49.1 Å². The van der Waals surface area contributed by atoms with Gasteiger partial charge in [0.1, 0.15) is 5.75 Å². The van der Waals surface area contributed by atoms with E-state index in [4.69, 9.17) is 9.47 Å². The molecular formula is C22H20N6O3. The summed E-state index contributed by atoms with van der Waals surface area (Å²) in [7, 11) is 6.77. The first-order valence-corrected chi connectivity index (χ1v) is 9.59. The van der Waals surface area contributed by atoms with Crippen LogP contribution in [0.15, 0.2) is 54.0 Å². The lowest BCUT2D eigenvalue weighted by atomic mass is 10.0. The molecule has 0 aliphatic rings. The number of hydrogen-bond donors (Lipinski definition) is 0. The molecule has 5 aromatic rings. The molecule has 1 aromatic carbocycles. The van der Waals surface area contributed by atoms with Crippen LogP contribution in [0.25, 0.3) is 38.8 Å². The fourth-order valence-corrected chi connectivity index (χ4v) is 3.92. The lowest BCUT2D eigenvalue weighted by molar-refractivity contribution is 0.411. The molecule has 9 heteroatoms. The number of benzene rings is 1. The van der Waals surface area contributed by atoms with Crippen molar-refractivity contribution in [2.45, 2.75) is 0 Å². The predicted octanol–water partition coefficient (Wildman–Crippen LogP) is 2.69. The van der Waals surface area contributed by atoms with Crippen molar-refractivity contribution < 1.29 is 9.47 Å². The van der Waals surface area contributed by atoms with Crippen LogP contribution in [0.5, 0.6) is 11.5 Å². The van der Waals surface area contributed by atoms with Gasteiger partial charge in [-0.25, -0.2) is 4.79 Å². The van der Waals surface area contributed by atoms with Crippen LogP contribution >= 0.6 is 0 Å². The summed E-state index contributed by atoms with van der Waals surface area (Å²) in [5, 5.41) is 5.09. The highest BCUT2D eigenvalue weighted by atomic mass is 16.5. The van der Waals surface area contributed by atoms with Gasteiger partial charge in [-0.1, -0.05) is 0 Å². The Balaban J connectivity index is 1.94. The topological polar surface area (TPSA) is 89.0 Å². The van der Waals surface area contributed by atoms with Gasteiger partial charge in [-0.2, -0.15) is 5.10 Å². The maximum absolute atomic E-state index is 13.3. The summed E-state index contributed by atoms with van der Waals surface area (Å²) in [4.78, 5) is 22.0. The van der Waals surface area contributed by atoms with Gasteiger partial charge in [-0.15, -0.1) is 0 Å². The fourth-order valence-electron chi connectivity index (χ4n) is 3.92. The molecular weight excluding hydrogens is 396 g/mol. The molecule has 0 spiro atoms. The molecule has 156 valence electrons. The van der Waals surface area contributed by atoms with Crippen LogP contribution in [-0.2, 0) is 14.1 Å². The number of aromatic nitrogens is 6. The first-order chi connectivity index (χ1) is 15.0. The lowest BCUT2D eigenvalue weighted by Crippen LogP contribution is -2.21. The zero-order valence-electron chi connectivity index (χ0n) is 17.5. The number of ether oxygens (including phenoxy) is 2. The minimum absolute atomic E-state index is 0.201. The van der Waals surface area contributed by atoms with Gasteiger partial charge >= 0.3 is 5.69 Å².